The summed E-state index contributed by atoms with van der Waals surface area (Å²) in [6, 6.07) is 65.6. The van der Waals surface area contributed by atoms with Crippen LogP contribution in [-0.4, -0.2) is 12.4 Å². The number of hydrogen-bond donors (Lipinski definition) is 1. The summed E-state index contributed by atoms with van der Waals surface area (Å²) in [6.07, 6.45) is 10.4. The number of nitrogens with zero attached hydrogens (tertiary/aromatic N) is 2. The normalized spacial score (nSPS) is 15.6. The smallest absolute Gasteiger partial charge is 0.115 e. The number of fused-ring (bicyclic) bond motifs is 8. The molecule has 0 amide bonds. The lowest BCUT2D eigenvalue weighted by Crippen LogP contribution is -2.29. The van der Waals surface area contributed by atoms with Crippen LogP contribution in [0.3, 0.4) is 0 Å². The highest BCUT2D eigenvalue weighted by molar-refractivity contribution is 7.26. The molecule has 1 aromatic heterocycles. The minimum absolute atomic E-state index is 0.346. The van der Waals surface area contributed by atoms with E-state index in [0.29, 0.717) is 12.4 Å². The Morgan fingerprint density at radius 3 is 2.05 bits per heavy atom. The van der Waals surface area contributed by atoms with Crippen molar-refractivity contribution in [1.29, 1.82) is 0 Å². The van der Waals surface area contributed by atoms with E-state index in [1.165, 1.54) is 64.3 Å². The van der Waals surface area contributed by atoms with E-state index in [4.69, 9.17) is 10.7 Å². The highest BCUT2D eigenvalue weighted by Gasteiger charge is 2.46. The average Bonchev–Trinajstić information content (AvgIpc) is 3.83. The van der Waals surface area contributed by atoms with Crippen molar-refractivity contribution in [3.05, 3.63) is 258 Å². The number of benzene rings is 8. The summed E-state index contributed by atoms with van der Waals surface area (Å²) in [7, 11) is 0. The maximum Gasteiger partial charge on any atom is 0.115 e. The second-order valence-electron chi connectivity index (χ2n) is 15.8. The second kappa shape index (κ2) is 14.9. The van der Waals surface area contributed by atoms with Crippen molar-refractivity contribution in [3.8, 4) is 11.1 Å². The maximum atomic E-state index is 6.94. The fourth-order valence-corrected chi connectivity index (χ4v) is 10.8. The van der Waals surface area contributed by atoms with Crippen LogP contribution in [0.25, 0.3) is 53.3 Å². The predicted molar refractivity (Wildman–Crippen MR) is 260 cm³/mol. The topological polar surface area (TPSA) is 41.6 Å². The van der Waals surface area contributed by atoms with Crippen LogP contribution in [0.5, 0.6) is 0 Å². The van der Waals surface area contributed by atoms with E-state index in [1.807, 2.05) is 47.7 Å². The van der Waals surface area contributed by atoms with Gasteiger partial charge in [-0.15, -0.1) is 11.3 Å². The molecule has 9 aromatic rings. The Morgan fingerprint density at radius 1 is 0.623 bits per heavy atom. The van der Waals surface area contributed by atoms with E-state index < -0.39 is 5.41 Å². The Labute approximate surface area is 360 Å². The number of thiophene rings is 1. The fourth-order valence-electron chi connectivity index (χ4n) is 9.51. The molecular weight excluding hydrogens is 759 g/mol. The molecule has 0 saturated heterocycles. The monoisotopic (exact) mass is 799 g/mol. The third kappa shape index (κ3) is 6.06. The fraction of sp³-hybridized carbons (Fsp3) is 0.0351. The quantitative estimate of drug-likeness (QED) is 0.163. The molecule has 11 rings (SSSR count). The van der Waals surface area contributed by atoms with E-state index >= 15 is 0 Å². The van der Waals surface area contributed by atoms with Gasteiger partial charge in [-0.2, -0.15) is 0 Å². The average molecular weight is 800 g/mol. The Balaban J connectivity index is 1.10. The molecule has 4 heteroatoms. The van der Waals surface area contributed by atoms with Crippen LogP contribution in [-0.2, 0) is 5.41 Å². The Bertz CT molecular complexity index is 3270. The van der Waals surface area contributed by atoms with Gasteiger partial charge in [0.2, 0.25) is 0 Å². The summed E-state index contributed by atoms with van der Waals surface area (Å²) in [5, 5.41) is 4.94. The van der Waals surface area contributed by atoms with Gasteiger partial charge in [0, 0.05) is 43.2 Å². The first kappa shape index (κ1) is 36.5. The molecule has 3 nitrogen and oxygen atoms in total. The largest absolute Gasteiger partial charge is 0.398 e. The van der Waals surface area contributed by atoms with E-state index in [1.54, 1.807) is 0 Å². The van der Waals surface area contributed by atoms with Gasteiger partial charge in [-0.3, -0.25) is 4.99 Å². The summed E-state index contributed by atoms with van der Waals surface area (Å²) < 4.78 is 2.44. The molecule has 290 valence electrons. The second-order valence-corrected chi connectivity index (χ2v) is 16.8. The summed E-state index contributed by atoms with van der Waals surface area (Å²) in [6.45, 7) is 4.90. The number of anilines is 1. The lowest BCUT2D eigenvalue weighted by atomic mass is 9.67. The zero-order valence-electron chi connectivity index (χ0n) is 33.5. The lowest BCUT2D eigenvalue weighted by molar-refractivity contribution is 0.767. The standard InChI is InChI=1S/C57H41N3S/c1-38-17-14-15-32-60(54-35-43(30-31-44(38)54)57(42-22-6-3-7-23-42)50-28-12-10-24-45(50)46-25-11-13-29-51(46)57)37-59-53(36-52(58)39-18-4-2-5-19-39)48-27-16-26-47-49-33-40-20-8-9-21-41(40)34-55(49)61-56(47)48/h2-36H,1,37,58H2/b17-14-,32-15-,52-36-,59-53?. The first-order valence-electron chi connectivity index (χ1n) is 20.7. The molecule has 0 bridgehead atoms. The highest BCUT2D eigenvalue weighted by atomic mass is 32.1. The third-order valence-corrected chi connectivity index (χ3v) is 13.6. The third-order valence-electron chi connectivity index (χ3n) is 12.4. The first-order chi connectivity index (χ1) is 30.1. The molecule has 8 aromatic carbocycles. The number of nitrogens with two attached hydrogens (primary N) is 1. The van der Waals surface area contributed by atoms with Crippen molar-refractivity contribution in [2.75, 3.05) is 11.6 Å². The molecule has 0 saturated carbocycles. The van der Waals surface area contributed by atoms with Crippen LogP contribution in [0.15, 0.2) is 224 Å². The Morgan fingerprint density at radius 2 is 1.30 bits per heavy atom. The molecule has 2 heterocycles. The number of aliphatic imine (C=N–C) groups is 1. The van der Waals surface area contributed by atoms with Crippen molar-refractivity contribution in [2.45, 2.75) is 5.41 Å². The van der Waals surface area contributed by atoms with Crippen LogP contribution in [0.2, 0.25) is 0 Å². The van der Waals surface area contributed by atoms with Gasteiger partial charge in [0.1, 0.15) is 6.67 Å². The van der Waals surface area contributed by atoms with Crippen molar-refractivity contribution in [1.82, 2.24) is 0 Å². The summed E-state index contributed by atoms with van der Waals surface area (Å²) in [5.74, 6) is 0. The molecule has 0 spiro atoms. The molecule has 1 aliphatic carbocycles. The van der Waals surface area contributed by atoms with Gasteiger partial charge in [-0.05, 0) is 85.6 Å². The van der Waals surface area contributed by atoms with Crippen molar-refractivity contribution in [2.24, 2.45) is 10.7 Å². The molecule has 2 aliphatic rings. The summed E-state index contributed by atoms with van der Waals surface area (Å²) in [5.41, 5.74) is 20.4. The SMILES string of the molecule is C=C1/C=C\C=C/N(CN=C(/C=C(\N)c2ccccc2)c2cccc3c2sc2cc4ccccc4cc23)c2cc(C3(c4ccccc4)c4ccccc4-c4ccccc43)ccc21. The van der Waals surface area contributed by atoms with Crippen LogP contribution in [0.4, 0.5) is 5.69 Å². The first-order valence-corrected chi connectivity index (χ1v) is 21.5. The Hall–Kier alpha value is -7.53. The molecule has 0 fully saturated rings. The molecule has 0 radical (unpaired) electrons. The van der Waals surface area contributed by atoms with E-state index in [2.05, 4.69) is 188 Å². The highest BCUT2D eigenvalue weighted by Crippen LogP contribution is 2.56. The number of hydrogen-bond acceptors (Lipinski definition) is 4. The van der Waals surface area contributed by atoms with Gasteiger partial charge in [-0.25, -0.2) is 0 Å². The molecule has 2 N–H and O–H groups in total. The minimum Gasteiger partial charge on any atom is -0.398 e. The zero-order valence-corrected chi connectivity index (χ0v) is 34.3. The maximum absolute atomic E-state index is 6.94. The predicted octanol–water partition coefficient (Wildman–Crippen LogP) is 13.9. The van der Waals surface area contributed by atoms with Gasteiger partial charge < -0.3 is 10.6 Å². The lowest BCUT2D eigenvalue weighted by Gasteiger charge is -2.35. The molecular formula is C57H41N3S. The van der Waals surface area contributed by atoms with E-state index in [0.717, 1.165) is 33.7 Å². The Kier molecular flexibility index (Phi) is 8.95. The van der Waals surface area contributed by atoms with Crippen LogP contribution in [0.1, 0.15) is 38.9 Å². The van der Waals surface area contributed by atoms with Gasteiger partial charge in [0.15, 0.2) is 0 Å². The van der Waals surface area contributed by atoms with Crippen LogP contribution >= 0.6 is 11.3 Å². The van der Waals surface area contributed by atoms with E-state index in [-0.39, 0.29) is 0 Å². The van der Waals surface area contributed by atoms with Crippen molar-refractivity contribution in [3.63, 3.8) is 0 Å². The van der Waals surface area contributed by atoms with Gasteiger partial charge in [0.25, 0.3) is 0 Å². The molecule has 1 aliphatic heterocycles. The zero-order chi connectivity index (χ0) is 40.9. The van der Waals surface area contributed by atoms with Gasteiger partial charge in [0.05, 0.1) is 16.8 Å². The van der Waals surface area contributed by atoms with Gasteiger partial charge >= 0.3 is 0 Å². The number of rotatable bonds is 7. The summed E-state index contributed by atoms with van der Waals surface area (Å²) >= 11 is 1.81. The van der Waals surface area contributed by atoms with Crippen molar-refractivity contribution < 1.29 is 0 Å². The van der Waals surface area contributed by atoms with Crippen molar-refractivity contribution >= 4 is 65.0 Å². The molecule has 61 heavy (non-hydrogen) atoms. The number of allylic oxidation sites excluding steroid dienone is 5. The van der Waals surface area contributed by atoms with E-state index in [9.17, 15) is 0 Å². The molecule has 0 atom stereocenters. The van der Waals surface area contributed by atoms with Gasteiger partial charge in [-0.1, -0.05) is 183 Å². The summed E-state index contributed by atoms with van der Waals surface area (Å²) in [4.78, 5) is 7.77. The minimum atomic E-state index is -0.540. The van der Waals surface area contributed by atoms with Crippen LogP contribution in [0, 0.1) is 0 Å². The van der Waals surface area contributed by atoms with Crippen LogP contribution < -0.4 is 10.6 Å². The molecule has 0 unspecified atom stereocenters.